The summed E-state index contributed by atoms with van der Waals surface area (Å²) in [5.74, 6) is 1.37. The molecule has 0 spiro atoms. The van der Waals surface area contributed by atoms with Gasteiger partial charge in [0.1, 0.15) is 11.6 Å². The molecule has 8 nitrogen and oxygen atoms in total. The summed E-state index contributed by atoms with van der Waals surface area (Å²) < 4.78 is 44.3. The molecule has 0 bridgehead atoms. The van der Waals surface area contributed by atoms with E-state index in [0.717, 1.165) is 33.5 Å². The molecule has 0 aliphatic carbocycles. The fraction of sp³-hybridized carbons (Fsp3) is 0.440. The Hall–Kier alpha value is -3.31. The summed E-state index contributed by atoms with van der Waals surface area (Å²) in [5, 5.41) is 15.6. The van der Waals surface area contributed by atoms with Crippen molar-refractivity contribution in [2.24, 2.45) is 0 Å². The van der Waals surface area contributed by atoms with E-state index in [1.54, 1.807) is 19.1 Å². The van der Waals surface area contributed by atoms with Gasteiger partial charge in [-0.15, -0.1) is 0 Å². The van der Waals surface area contributed by atoms with E-state index >= 15 is 0 Å². The van der Waals surface area contributed by atoms with Crippen molar-refractivity contribution in [3.63, 3.8) is 0 Å². The molecule has 0 saturated carbocycles. The van der Waals surface area contributed by atoms with Crippen LogP contribution in [0.5, 0.6) is 0 Å². The minimum Gasteiger partial charge on any atom is -0.392 e. The highest BCUT2D eigenvalue weighted by Crippen LogP contribution is 2.32. The average Bonchev–Trinajstić information content (AvgIpc) is 3.36. The molecule has 4 rings (SSSR count). The molecule has 2 amide bonds. The number of hydrogen-bond acceptors (Lipinski definition) is 6. The zero-order valence-electron chi connectivity index (χ0n) is 20.2. The van der Waals surface area contributed by atoms with E-state index in [0.29, 0.717) is 44.4 Å². The van der Waals surface area contributed by atoms with Gasteiger partial charge in [-0.05, 0) is 54.8 Å². The quantitative estimate of drug-likeness (QED) is 0.514. The van der Waals surface area contributed by atoms with Gasteiger partial charge in [0.2, 0.25) is 0 Å². The van der Waals surface area contributed by atoms with Gasteiger partial charge in [-0.25, -0.2) is 9.78 Å². The number of aromatic nitrogens is 1. The number of carbonyl (C=O) groups is 1. The van der Waals surface area contributed by atoms with Crippen molar-refractivity contribution in [2.45, 2.75) is 26.1 Å². The highest BCUT2D eigenvalue weighted by molar-refractivity contribution is 5.91. The maximum atomic E-state index is 12.9. The van der Waals surface area contributed by atoms with Crippen LogP contribution in [0.1, 0.15) is 12.5 Å². The fourth-order valence-electron chi connectivity index (χ4n) is 4.10. The Kier molecular flexibility index (Phi) is 7.70. The van der Waals surface area contributed by atoms with Crippen molar-refractivity contribution in [2.75, 3.05) is 61.5 Å². The Labute approximate surface area is 207 Å². The molecular weight excluding hydrogens is 475 g/mol. The lowest BCUT2D eigenvalue weighted by molar-refractivity contribution is -0.0929. The van der Waals surface area contributed by atoms with Crippen LogP contribution < -0.4 is 15.5 Å². The predicted molar refractivity (Wildman–Crippen MR) is 132 cm³/mol. The Morgan fingerprint density at radius 1 is 1.22 bits per heavy atom. The molecule has 11 heteroatoms. The lowest BCUT2D eigenvalue weighted by Crippen LogP contribution is -2.36. The van der Waals surface area contributed by atoms with Gasteiger partial charge in [0.05, 0.1) is 31.4 Å². The van der Waals surface area contributed by atoms with Crippen molar-refractivity contribution in [3.05, 3.63) is 47.5 Å². The molecular formula is C25H30F3N5O3. The highest BCUT2D eigenvalue weighted by atomic mass is 19.4. The molecule has 36 heavy (non-hydrogen) atoms. The van der Waals surface area contributed by atoms with Crippen LogP contribution in [0.2, 0.25) is 0 Å². The highest BCUT2D eigenvalue weighted by Gasteiger charge is 2.38. The molecule has 1 aromatic carbocycles. The Balaban J connectivity index is 1.58. The maximum absolute atomic E-state index is 12.9. The Morgan fingerprint density at radius 3 is 2.64 bits per heavy atom. The summed E-state index contributed by atoms with van der Waals surface area (Å²) in [6.45, 7) is 6.00. The molecule has 2 aliphatic heterocycles. The molecule has 3 N–H and O–H groups in total. The van der Waals surface area contributed by atoms with Crippen molar-refractivity contribution in [3.8, 4) is 11.1 Å². The van der Waals surface area contributed by atoms with E-state index in [9.17, 15) is 23.1 Å². The minimum absolute atomic E-state index is 0.0923. The number of morpholine rings is 1. The second-order valence-electron chi connectivity index (χ2n) is 9.00. The first-order chi connectivity index (χ1) is 17.1. The van der Waals surface area contributed by atoms with Crippen molar-refractivity contribution in [1.82, 2.24) is 9.88 Å². The number of nitrogens with one attached hydrogen (secondary N) is 2. The van der Waals surface area contributed by atoms with E-state index in [1.807, 2.05) is 25.1 Å². The summed E-state index contributed by atoms with van der Waals surface area (Å²) in [5.41, 5.74) is 2.42. The molecule has 0 unspecified atom stereocenters. The number of ether oxygens (including phenoxy) is 1. The molecule has 1 aromatic heterocycles. The van der Waals surface area contributed by atoms with Crippen LogP contribution in [0, 0.1) is 6.92 Å². The minimum atomic E-state index is -4.44. The lowest BCUT2D eigenvalue weighted by atomic mass is 10.00. The standard InChI is InChI=1S/C25H30F3N5O3/c1-16-3-4-20(30-24(35)33-6-5-19(15-33)25(26,27)28)13-21(16)18-11-22(29-14-17(2)34)31-23(12-18)32-7-9-36-10-8-32/h3-5,11-13,17,34H,6-10,14-15H2,1-2H3,(H,29,31)(H,30,35)/t17-/m1/s1. The monoisotopic (exact) mass is 505 g/mol. The number of halogens is 3. The number of anilines is 3. The largest absolute Gasteiger partial charge is 0.414 e. The molecule has 194 valence electrons. The number of pyridine rings is 1. The number of carbonyl (C=O) groups excluding carboxylic acids is 1. The van der Waals surface area contributed by atoms with Crippen molar-refractivity contribution in [1.29, 1.82) is 0 Å². The SMILES string of the molecule is Cc1ccc(NC(=O)N2CC=C(C(F)(F)F)C2)cc1-c1cc(NC[C@@H](C)O)nc(N2CCOCC2)c1. The van der Waals surface area contributed by atoms with Crippen molar-refractivity contribution >= 4 is 23.4 Å². The number of rotatable bonds is 6. The van der Waals surface area contributed by atoms with E-state index < -0.39 is 30.4 Å². The van der Waals surface area contributed by atoms with Crippen molar-refractivity contribution < 1.29 is 27.8 Å². The number of aliphatic hydroxyl groups excluding tert-OH is 1. The first-order valence-electron chi connectivity index (χ1n) is 11.8. The van der Waals surface area contributed by atoms with E-state index in [4.69, 9.17) is 9.72 Å². The van der Waals surface area contributed by atoms with Crippen LogP contribution in [-0.2, 0) is 4.74 Å². The van der Waals surface area contributed by atoms with Gasteiger partial charge >= 0.3 is 12.2 Å². The zero-order valence-corrected chi connectivity index (χ0v) is 20.2. The fourth-order valence-corrected chi connectivity index (χ4v) is 4.10. The zero-order chi connectivity index (χ0) is 25.9. The predicted octanol–water partition coefficient (Wildman–Crippen LogP) is 4.02. The maximum Gasteiger partial charge on any atom is 0.414 e. The number of benzene rings is 1. The Bertz CT molecular complexity index is 1130. The normalized spacial score (nSPS) is 17.1. The third kappa shape index (κ3) is 6.27. The molecule has 3 heterocycles. The number of aryl methyl sites for hydroxylation is 1. The third-order valence-corrected chi connectivity index (χ3v) is 6.10. The Morgan fingerprint density at radius 2 is 1.97 bits per heavy atom. The van der Waals surface area contributed by atoms with E-state index in [2.05, 4.69) is 15.5 Å². The molecule has 1 atom stereocenters. The van der Waals surface area contributed by atoms with Crippen LogP contribution in [0.3, 0.4) is 0 Å². The van der Waals surface area contributed by atoms with Gasteiger partial charge in [-0.3, -0.25) is 0 Å². The van der Waals surface area contributed by atoms with E-state index in [-0.39, 0.29) is 6.54 Å². The number of hydrogen-bond donors (Lipinski definition) is 3. The van der Waals surface area contributed by atoms with Gasteiger partial charge in [-0.1, -0.05) is 12.1 Å². The number of amides is 2. The molecule has 2 aromatic rings. The second-order valence-corrected chi connectivity index (χ2v) is 9.00. The average molecular weight is 506 g/mol. The van der Waals surface area contributed by atoms with Gasteiger partial charge in [-0.2, -0.15) is 13.2 Å². The first kappa shape index (κ1) is 25.8. The number of aliphatic hydroxyl groups is 1. The molecule has 2 aliphatic rings. The van der Waals surface area contributed by atoms with Gasteiger partial charge < -0.3 is 30.3 Å². The second kappa shape index (κ2) is 10.8. The molecule has 1 fully saturated rings. The van der Waals surface area contributed by atoms with Crippen LogP contribution in [0.15, 0.2) is 42.0 Å². The van der Waals surface area contributed by atoms with Crippen LogP contribution >= 0.6 is 0 Å². The smallest absolute Gasteiger partial charge is 0.392 e. The topological polar surface area (TPSA) is 90.0 Å². The van der Waals surface area contributed by atoms with Gasteiger partial charge in [0, 0.05) is 31.9 Å². The van der Waals surface area contributed by atoms with Gasteiger partial charge in [0.15, 0.2) is 0 Å². The van der Waals surface area contributed by atoms with Crippen LogP contribution in [0.4, 0.5) is 35.3 Å². The molecule has 1 saturated heterocycles. The van der Waals surface area contributed by atoms with Crippen LogP contribution in [0.25, 0.3) is 11.1 Å². The van der Waals surface area contributed by atoms with Gasteiger partial charge in [0.25, 0.3) is 0 Å². The summed E-state index contributed by atoms with van der Waals surface area (Å²) in [6.07, 6.45) is -3.96. The van der Waals surface area contributed by atoms with E-state index in [1.165, 1.54) is 0 Å². The lowest BCUT2D eigenvalue weighted by Gasteiger charge is -2.28. The van der Waals surface area contributed by atoms with Crippen LogP contribution in [-0.4, -0.2) is 79.2 Å². The summed E-state index contributed by atoms with van der Waals surface area (Å²) in [7, 11) is 0. The number of nitrogens with zero attached hydrogens (tertiary/aromatic N) is 3. The summed E-state index contributed by atoms with van der Waals surface area (Å²) in [4.78, 5) is 20.6. The number of urea groups is 1. The first-order valence-corrected chi connectivity index (χ1v) is 11.8. The summed E-state index contributed by atoms with van der Waals surface area (Å²) in [6, 6.07) is 8.63. The third-order valence-electron chi connectivity index (χ3n) is 6.10. The number of alkyl halides is 3. The summed E-state index contributed by atoms with van der Waals surface area (Å²) >= 11 is 0. The molecule has 0 radical (unpaired) electrons.